The number of amidine groups is 1. The molecular formula is C25H30F6N4O2S. The third kappa shape index (κ3) is 7.52. The molecule has 0 unspecified atom stereocenters. The summed E-state index contributed by atoms with van der Waals surface area (Å²) in [6.45, 7) is 4.46. The van der Waals surface area contributed by atoms with Gasteiger partial charge in [-0.05, 0) is 67.2 Å². The van der Waals surface area contributed by atoms with Gasteiger partial charge in [-0.25, -0.2) is 0 Å². The Morgan fingerprint density at radius 2 is 1.79 bits per heavy atom. The molecule has 2 aliphatic rings. The Morgan fingerprint density at radius 3 is 2.32 bits per heavy atom. The van der Waals surface area contributed by atoms with Gasteiger partial charge in [-0.15, -0.1) is 0 Å². The number of hydrogen-bond acceptors (Lipinski definition) is 5. The molecular weight excluding hydrogens is 534 g/mol. The molecule has 1 aromatic carbocycles. The van der Waals surface area contributed by atoms with Gasteiger partial charge in [-0.1, -0.05) is 26.0 Å². The number of rotatable bonds is 6. The molecule has 0 aromatic heterocycles. The first-order valence-electron chi connectivity index (χ1n) is 12.1. The number of likely N-dealkylation sites (N-methyl/N-ethyl adjacent to an activating group) is 1. The highest BCUT2D eigenvalue weighted by molar-refractivity contribution is 8.18. The van der Waals surface area contributed by atoms with Crippen molar-refractivity contribution in [2.24, 2.45) is 16.8 Å². The average Bonchev–Trinajstić information content (AvgIpc) is 3.15. The van der Waals surface area contributed by atoms with E-state index in [1.54, 1.807) is 19.0 Å². The molecule has 2 aliphatic heterocycles. The SMILES string of the molecule is CC(C)[C@@H](N=C1NC(=O)SC1=CC1CCN(Cc2ccc(C(F)(F)F)cc2C(F)(F)F)CC1)C(=O)N(C)C. The van der Waals surface area contributed by atoms with E-state index in [2.05, 4.69) is 10.3 Å². The molecule has 2 heterocycles. The lowest BCUT2D eigenvalue weighted by atomic mass is 9.95. The second-order valence-corrected chi connectivity index (χ2v) is 10.9. The Kier molecular flexibility index (Phi) is 9.23. The fraction of sp³-hybridized carbons (Fsp3) is 0.560. The number of piperidine rings is 1. The number of alkyl halides is 6. The van der Waals surface area contributed by atoms with Gasteiger partial charge in [0.1, 0.15) is 11.9 Å². The van der Waals surface area contributed by atoms with Crippen LogP contribution in [0.5, 0.6) is 0 Å². The number of amides is 2. The Bertz CT molecular complexity index is 1110. The maximum atomic E-state index is 13.5. The number of aliphatic imine (C=N–C) groups is 1. The van der Waals surface area contributed by atoms with E-state index in [9.17, 15) is 35.9 Å². The van der Waals surface area contributed by atoms with Crippen LogP contribution in [0.2, 0.25) is 0 Å². The third-order valence-electron chi connectivity index (χ3n) is 6.41. The molecule has 13 heteroatoms. The van der Waals surface area contributed by atoms with Crippen LogP contribution in [0, 0.1) is 11.8 Å². The van der Waals surface area contributed by atoms with E-state index in [1.807, 2.05) is 19.9 Å². The molecule has 2 saturated heterocycles. The molecule has 0 bridgehead atoms. The standard InChI is InChI=1S/C25H30F6N4O2S/c1-14(2)20(22(36)34(3)4)32-21-19(38-23(37)33-21)11-15-7-9-35(10-8-15)13-16-5-6-17(24(26,27)28)12-18(16)25(29,30)31/h5-6,11-12,14-15,20H,7-10,13H2,1-4H3,(H,32,33,37)/t20-/m1/s1. The number of nitrogens with zero attached hydrogens (tertiary/aromatic N) is 3. The molecule has 0 aliphatic carbocycles. The fourth-order valence-electron chi connectivity index (χ4n) is 4.32. The predicted molar refractivity (Wildman–Crippen MR) is 133 cm³/mol. The summed E-state index contributed by atoms with van der Waals surface area (Å²) in [7, 11) is 3.26. The van der Waals surface area contributed by atoms with Gasteiger partial charge >= 0.3 is 12.4 Å². The van der Waals surface area contributed by atoms with Crippen LogP contribution in [0.1, 0.15) is 43.4 Å². The zero-order valence-electron chi connectivity index (χ0n) is 21.4. The summed E-state index contributed by atoms with van der Waals surface area (Å²) in [5.74, 6) is 0.0586. The highest BCUT2D eigenvalue weighted by atomic mass is 32.2. The minimum absolute atomic E-state index is 0.0170. The summed E-state index contributed by atoms with van der Waals surface area (Å²) < 4.78 is 79.4. The molecule has 210 valence electrons. The Labute approximate surface area is 221 Å². The van der Waals surface area contributed by atoms with Crippen LogP contribution in [0.15, 0.2) is 34.2 Å². The number of allylic oxidation sites excluding steroid dienone is 1. The van der Waals surface area contributed by atoms with Crippen LogP contribution in [0.3, 0.4) is 0 Å². The summed E-state index contributed by atoms with van der Waals surface area (Å²) in [6, 6.07) is 1.07. The summed E-state index contributed by atoms with van der Waals surface area (Å²) in [5, 5.41) is 2.38. The summed E-state index contributed by atoms with van der Waals surface area (Å²) >= 11 is 0.977. The van der Waals surface area contributed by atoms with Gasteiger partial charge in [-0.3, -0.25) is 19.5 Å². The summed E-state index contributed by atoms with van der Waals surface area (Å²) in [4.78, 5) is 33.0. The molecule has 6 nitrogen and oxygen atoms in total. The monoisotopic (exact) mass is 564 g/mol. The van der Waals surface area contributed by atoms with Crippen molar-refractivity contribution < 1.29 is 35.9 Å². The first-order chi connectivity index (χ1) is 17.6. The van der Waals surface area contributed by atoms with Gasteiger partial charge in [0.15, 0.2) is 0 Å². The van der Waals surface area contributed by atoms with E-state index in [0.29, 0.717) is 42.7 Å². The number of benzene rings is 1. The molecule has 0 radical (unpaired) electrons. The van der Waals surface area contributed by atoms with Gasteiger partial charge in [-0.2, -0.15) is 26.3 Å². The molecule has 1 aromatic rings. The average molecular weight is 565 g/mol. The van der Waals surface area contributed by atoms with Crippen LogP contribution in [-0.4, -0.2) is 60.0 Å². The minimum atomic E-state index is -4.91. The molecule has 3 rings (SSSR count). The van der Waals surface area contributed by atoms with E-state index in [0.717, 1.165) is 17.8 Å². The minimum Gasteiger partial charge on any atom is -0.347 e. The lowest BCUT2D eigenvalue weighted by Crippen LogP contribution is -2.37. The second-order valence-electron chi connectivity index (χ2n) is 9.93. The molecule has 1 atom stereocenters. The Hall–Kier alpha value is -2.54. The van der Waals surface area contributed by atoms with Gasteiger partial charge in [0.05, 0.1) is 16.0 Å². The van der Waals surface area contributed by atoms with Gasteiger partial charge < -0.3 is 10.2 Å². The van der Waals surface area contributed by atoms with E-state index in [-0.39, 0.29) is 41.2 Å². The highest BCUT2D eigenvalue weighted by Crippen LogP contribution is 2.38. The third-order valence-corrected chi connectivity index (χ3v) is 7.24. The van der Waals surface area contributed by atoms with Crippen LogP contribution in [-0.2, 0) is 23.7 Å². The van der Waals surface area contributed by atoms with Crippen molar-refractivity contribution >= 4 is 28.7 Å². The first-order valence-corrected chi connectivity index (χ1v) is 12.9. The van der Waals surface area contributed by atoms with Gasteiger partial charge in [0, 0.05) is 20.6 Å². The number of hydrogen-bond donors (Lipinski definition) is 1. The zero-order chi connectivity index (χ0) is 28.4. The maximum absolute atomic E-state index is 13.5. The smallest absolute Gasteiger partial charge is 0.347 e. The van der Waals surface area contributed by atoms with Crippen molar-refractivity contribution in [3.8, 4) is 0 Å². The van der Waals surface area contributed by atoms with E-state index in [4.69, 9.17) is 0 Å². The molecule has 0 spiro atoms. The lowest BCUT2D eigenvalue weighted by molar-refractivity contribution is -0.143. The van der Waals surface area contributed by atoms with Crippen LogP contribution in [0.4, 0.5) is 31.1 Å². The predicted octanol–water partition coefficient (Wildman–Crippen LogP) is 5.79. The number of carbonyl (C=O) groups excluding carboxylic acids is 2. The molecule has 38 heavy (non-hydrogen) atoms. The quantitative estimate of drug-likeness (QED) is 0.445. The molecule has 2 fully saturated rings. The van der Waals surface area contributed by atoms with Crippen LogP contribution < -0.4 is 5.32 Å². The molecule has 2 amide bonds. The summed E-state index contributed by atoms with van der Waals surface area (Å²) in [6.07, 6.45) is -6.71. The van der Waals surface area contributed by atoms with Crippen molar-refractivity contribution in [1.29, 1.82) is 0 Å². The second kappa shape index (κ2) is 11.7. The normalized spacial score (nSPS) is 20.9. The van der Waals surface area contributed by atoms with Crippen LogP contribution >= 0.6 is 11.8 Å². The van der Waals surface area contributed by atoms with Crippen LogP contribution in [0.25, 0.3) is 0 Å². The Balaban J connectivity index is 1.72. The highest BCUT2D eigenvalue weighted by Gasteiger charge is 2.38. The van der Waals surface area contributed by atoms with Gasteiger partial charge in [0.25, 0.3) is 5.24 Å². The van der Waals surface area contributed by atoms with E-state index in [1.165, 1.54) is 4.90 Å². The van der Waals surface area contributed by atoms with E-state index < -0.39 is 29.5 Å². The summed E-state index contributed by atoms with van der Waals surface area (Å²) in [5.41, 5.74) is -2.82. The van der Waals surface area contributed by atoms with Crippen molar-refractivity contribution in [2.45, 2.75) is 51.6 Å². The first kappa shape index (κ1) is 30.0. The van der Waals surface area contributed by atoms with Crippen molar-refractivity contribution in [1.82, 2.24) is 15.1 Å². The van der Waals surface area contributed by atoms with Crippen molar-refractivity contribution in [3.63, 3.8) is 0 Å². The van der Waals surface area contributed by atoms with Crippen molar-refractivity contribution in [3.05, 3.63) is 45.9 Å². The van der Waals surface area contributed by atoms with E-state index >= 15 is 0 Å². The van der Waals surface area contributed by atoms with Gasteiger partial charge in [0.2, 0.25) is 5.91 Å². The molecule has 0 saturated carbocycles. The lowest BCUT2D eigenvalue weighted by Gasteiger charge is -2.31. The maximum Gasteiger partial charge on any atom is 0.416 e. The number of halogens is 6. The topological polar surface area (TPSA) is 65.0 Å². The zero-order valence-corrected chi connectivity index (χ0v) is 22.2. The largest absolute Gasteiger partial charge is 0.416 e. The number of carbonyl (C=O) groups is 2. The van der Waals surface area contributed by atoms with Crippen molar-refractivity contribution in [2.75, 3.05) is 27.2 Å². The number of nitrogens with one attached hydrogen (secondary N) is 1. The number of likely N-dealkylation sites (tertiary alicyclic amines) is 1. The Morgan fingerprint density at radius 1 is 1.16 bits per heavy atom. The molecule has 1 N–H and O–H groups in total. The number of thioether (sulfide) groups is 1. The fourth-order valence-corrected chi connectivity index (χ4v) is 5.13.